The van der Waals surface area contributed by atoms with Gasteiger partial charge in [0.05, 0.1) is 17.9 Å². The predicted octanol–water partition coefficient (Wildman–Crippen LogP) is 5.16. The monoisotopic (exact) mass is 403 g/mol. The van der Waals surface area contributed by atoms with Crippen LogP contribution in [0.5, 0.6) is 0 Å². The van der Waals surface area contributed by atoms with Gasteiger partial charge in [0.25, 0.3) is 0 Å². The minimum atomic E-state index is -0.293. The first kappa shape index (κ1) is 19.4. The van der Waals surface area contributed by atoms with Crippen LogP contribution >= 0.6 is 0 Å². The van der Waals surface area contributed by atoms with Gasteiger partial charge in [0.1, 0.15) is 6.33 Å². The van der Waals surface area contributed by atoms with Gasteiger partial charge in [-0.2, -0.15) is 0 Å². The molecule has 156 valence electrons. The van der Waals surface area contributed by atoms with Crippen molar-refractivity contribution in [3.8, 4) is 0 Å². The number of carbonyl (C=O) groups is 1. The second-order valence-electron chi connectivity index (χ2n) is 9.59. The predicted molar refractivity (Wildman–Crippen MR) is 116 cm³/mol. The molecule has 1 aromatic carbocycles. The van der Waals surface area contributed by atoms with E-state index in [1.165, 1.54) is 50.4 Å². The average molecular weight is 404 g/mol. The fourth-order valence-corrected chi connectivity index (χ4v) is 6.61. The molecule has 0 unspecified atom stereocenters. The summed E-state index contributed by atoms with van der Waals surface area (Å²) in [5, 5.41) is 0. The van der Waals surface area contributed by atoms with Gasteiger partial charge in [-0.25, -0.2) is 14.8 Å². The van der Waals surface area contributed by atoms with Crippen molar-refractivity contribution in [1.29, 1.82) is 0 Å². The van der Waals surface area contributed by atoms with E-state index in [9.17, 15) is 4.79 Å². The number of aromatic nitrogens is 2. The summed E-state index contributed by atoms with van der Waals surface area (Å²) in [7, 11) is 0. The highest BCUT2D eigenvalue weighted by atomic mass is 16.5. The molecule has 5 nitrogen and oxygen atoms in total. The average Bonchev–Trinajstić information content (AvgIpc) is 2.72. The van der Waals surface area contributed by atoms with E-state index in [1.807, 2.05) is 19.1 Å². The largest absolute Gasteiger partial charge is 0.462 e. The van der Waals surface area contributed by atoms with Gasteiger partial charge >= 0.3 is 5.97 Å². The van der Waals surface area contributed by atoms with Gasteiger partial charge in [-0.1, -0.05) is 6.07 Å². The Kier molecular flexibility index (Phi) is 5.13. The van der Waals surface area contributed by atoms with E-state index >= 15 is 0 Å². The lowest BCUT2D eigenvalue weighted by Gasteiger charge is -2.57. The van der Waals surface area contributed by atoms with E-state index in [0.717, 1.165) is 35.4 Å². The molecule has 0 radical (unpaired) electrons. The van der Waals surface area contributed by atoms with E-state index in [-0.39, 0.29) is 5.97 Å². The molecule has 0 spiro atoms. The number of ether oxygens (including phenoxy) is 1. The number of hydrogen-bond acceptors (Lipinski definition) is 5. The number of rotatable bonds is 6. The zero-order chi connectivity index (χ0) is 20.6. The highest BCUT2D eigenvalue weighted by molar-refractivity contribution is 5.91. The van der Waals surface area contributed by atoms with Gasteiger partial charge in [0.15, 0.2) is 0 Å². The van der Waals surface area contributed by atoms with Crippen LogP contribution in [0.15, 0.2) is 41.9 Å². The maximum Gasteiger partial charge on any atom is 0.338 e. The minimum Gasteiger partial charge on any atom is -0.462 e. The second-order valence-corrected chi connectivity index (χ2v) is 9.59. The third kappa shape index (κ3) is 3.90. The standard InChI is InChI=1S/C25H29N3O2/c1-2-30-24(29)21-3-4-22(23(8-21)28-15-20-13-26-16-27-14-20)12-25-9-17-5-18(10-25)7-19(6-17)11-25/h3-4,8,13-19H,2,5-7,9-12H2,1H3. The highest BCUT2D eigenvalue weighted by Crippen LogP contribution is 2.61. The molecule has 6 rings (SSSR count). The summed E-state index contributed by atoms with van der Waals surface area (Å²) in [6.45, 7) is 2.20. The lowest BCUT2D eigenvalue weighted by molar-refractivity contribution is -0.0521. The topological polar surface area (TPSA) is 64.4 Å². The Morgan fingerprint density at radius 3 is 2.43 bits per heavy atom. The zero-order valence-corrected chi connectivity index (χ0v) is 17.6. The molecule has 0 aliphatic heterocycles. The van der Waals surface area contributed by atoms with Crippen molar-refractivity contribution in [2.24, 2.45) is 28.2 Å². The first-order valence-corrected chi connectivity index (χ1v) is 11.2. The van der Waals surface area contributed by atoms with Gasteiger partial charge < -0.3 is 4.74 Å². The normalized spacial score (nSPS) is 29.4. The first-order valence-electron chi connectivity index (χ1n) is 11.2. The van der Waals surface area contributed by atoms with E-state index in [1.54, 1.807) is 18.6 Å². The van der Waals surface area contributed by atoms with Gasteiger partial charge in [-0.05, 0) is 92.7 Å². The molecule has 0 N–H and O–H groups in total. The van der Waals surface area contributed by atoms with E-state index in [0.29, 0.717) is 17.6 Å². The van der Waals surface area contributed by atoms with E-state index < -0.39 is 0 Å². The Morgan fingerprint density at radius 1 is 1.13 bits per heavy atom. The molecule has 0 saturated heterocycles. The third-order valence-electron chi connectivity index (χ3n) is 7.26. The summed E-state index contributed by atoms with van der Waals surface area (Å²) < 4.78 is 5.21. The fraction of sp³-hybridized carbons (Fsp3) is 0.520. The maximum atomic E-state index is 12.3. The zero-order valence-electron chi connectivity index (χ0n) is 17.6. The van der Waals surface area contributed by atoms with Crippen LogP contribution in [0.1, 0.15) is 66.9 Å². The summed E-state index contributed by atoms with van der Waals surface area (Å²) in [6, 6.07) is 5.88. The molecular weight excluding hydrogens is 374 g/mol. The van der Waals surface area contributed by atoms with Gasteiger partial charge in [0.2, 0.25) is 0 Å². The molecule has 0 amide bonds. The molecule has 1 aromatic heterocycles. The van der Waals surface area contributed by atoms with Crippen molar-refractivity contribution >= 4 is 17.9 Å². The van der Waals surface area contributed by atoms with Crippen LogP contribution in [0.4, 0.5) is 5.69 Å². The minimum absolute atomic E-state index is 0.293. The number of esters is 1. The summed E-state index contributed by atoms with van der Waals surface area (Å²) in [4.78, 5) is 25.2. The van der Waals surface area contributed by atoms with Crippen LogP contribution in [-0.4, -0.2) is 28.8 Å². The molecule has 0 atom stereocenters. The highest BCUT2D eigenvalue weighted by Gasteiger charge is 2.50. The SMILES string of the molecule is CCOC(=O)c1ccc(CC23CC4CC(CC(C4)C2)C3)c(N=Cc2cncnc2)c1. The van der Waals surface area contributed by atoms with E-state index in [4.69, 9.17) is 9.73 Å². The Labute approximate surface area is 178 Å². The number of carbonyl (C=O) groups excluding carboxylic acids is 1. The van der Waals surface area contributed by atoms with Gasteiger partial charge in [-0.3, -0.25) is 4.99 Å². The summed E-state index contributed by atoms with van der Waals surface area (Å²) in [5.41, 5.74) is 3.92. The Hall–Kier alpha value is -2.56. The first-order chi connectivity index (χ1) is 14.6. The molecule has 1 heterocycles. The molecule has 4 aliphatic carbocycles. The molecule has 2 aromatic rings. The fourth-order valence-electron chi connectivity index (χ4n) is 6.61. The van der Waals surface area contributed by atoms with Crippen molar-refractivity contribution in [3.05, 3.63) is 53.6 Å². The molecule has 4 aliphatic rings. The number of benzene rings is 1. The smallest absolute Gasteiger partial charge is 0.338 e. The van der Waals surface area contributed by atoms with Crippen molar-refractivity contribution in [2.45, 2.75) is 51.9 Å². The molecule has 4 saturated carbocycles. The Balaban J connectivity index is 1.46. The summed E-state index contributed by atoms with van der Waals surface area (Å²) in [6.07, 6.45) is 16.2. The third-order valence-corrected chi connectivity index (χ3v) is 7.26. The Bertz CT molecular complexity index is 919. The van der Waals surface area contributed by atoms with Crippen molar-refractivity contribution in [1.82, 2.24) is 9.97 Å². The number of hydrogen-bond donors (Lipinski definition) is 0. The van der Waals surface area contributed by atoms with Crippen LogP contribution in [0.25, 0.3) is 0 Å². The van der Waals surface area contributed by atoms with Crippen molar-refractivity contribution in [3.63, 3.8) is 0 Å². The molecule has 4 bridgehead atoms. The second kappa shape index (κ2) is 7.93. The molecule has 30 heavy (non-hydrogen) atoms. The van der Waals surface area contributed by atoms with Crippen LogP contribution in [-0.2, 0) is 11.2 Å². The lowest BCUT2D eigenvalue weighted by Crippen LogP contribution is -2.47. The Morgan fingerprint density at radius 2 is 1.80 bits per heavy atom. The molecule has 5 heteroatoms. The van der Waals surface area contributed by atoms with E-state index in [2.05, 4.69) is 16.0 Å². The number of aliphatic imine (C=N–C) groups is 1. The quantitative estimate of drug-likeness (QED) is 0.493. The summed E-state index contributed by atoms with van der Waals surface area (Å²) >= 11 is 0. The van der Waals surface area contributed by atoms with Crippen molar-refractivity contribution in [2.75, 3.05) is 6.61 Å². The maximum absolute atomic E-state index is 12.3. The number of nitrogens with zero attached hydrogens (tertiary/aromatic N) is 3. The van der Waals surface area contributed by atoms with Gasteiger partial charge in [0, 0.05) is 24.2 Å². The molecule has 4 fully saturated rings. The van der Waals surface area contributed by atoms with Gasteiger partial charge in [-0.15, -0.1) is 0 Å². The van der Waals surface area contributed by atoms with Crippen LogP contribution in [0, 0.1) is 23.2 Å². The van der Waals surface area contributed by atoms with Crippen molar-refractivity contribution < 1.29 is 9.53 Å². The molecular formula is C25H29N3O2. The lowest BCUT2D eigenvalue weighted by atomic mass is 9.48. The van der Waals surface area contributed by atoms with Crippen LogP contribution < -0.4 is 0 Å². The van der Waals surface area contributed by atoms with Crippen LogP contribution in [0.3, 0.4) is 0 Å². The summed E-state index contributed by atoms with van der Waals surface area (Å²) in [5.74, 6) is 2.47. The van der Waals surface area contributed by atoms with Crippen LogP contribution in [0.2, 0.25) is 0 Å².